The number of aromatic nitrogens is 1. The van der Waals surface area contributed by atoms with E-state index in [1.807, 2.05) is 35.8 Å². The number of halogens is 1. The summed E-state index contributed by atoms with van der Waals surface area (Å²) in [6, 6.07) is 10.6. The van der Waals surface area contributed by atoms with Crippen LogP contribution in [0.15, 0.2) is 36.4 Å². The third kappa shape index (κ3) is 3.22. The molecule has 0 radical (unpaired) electrons. The number of fused-ring (bicyclic) bond motifs is 1. The van der Waals surface area contributed by atoms with E-state index in [1.54, 1.807) is 13.2 Å². The summed E-state index contributed by atoms with van der Waals surface area (Å²) in [5.41, 5.74) is 3.11. The number of aliphatic carboxylic acids is 1. The molecule has 0 bridgehead atoms. The Morgan fingerprint density at radius 2 is 1.85 bits per heavy atom. The van der Waals surface area contributed by atoms with E-state index in [9.17, 15) is 14.3 Å². The van der Waals surface area contributed by atoms with E-state index in [-0.39, 0.29) is 12.2 Å². The fourth-order valence-electron chi connectivity index (χ4n) is 3.19. The Bertz CT molecular complexity index is 960. The standard InChI is InChI=1S/C20H20FNO4/c1-12-15(9-20(23)24)16-8-19(26-3)17(21)10-18(16)22(12)11-13-4-6-14(25-2)7-5-13/h4-8,10H,9,11H2,1-3H3,(H,23,24). The first-order chi connectivity index (χ1) is 12.4. The van der Waals surface area contributed by atoms with Crippen molar-refractivity contribution in [3.05, 3.63) is 59.0 Å². The molecule has 1 N–H and O–H groups in total. The maximum atomic E-state index is 14.3. The number of carboxylic acids is 1. The van der Waals surface area contributed by atoms with Gasteiger partial charge in [0, 0.05) is 23.7 Å². The van der Waals surface area contributed by atoms with Crippen LogP contribution in [-0.4, -0.2) is 29.9 Å². The van der Waals surface area contributed by atoms with Crippen LogP contribution in [0.3, 0.4) is 0 Å². The Labute approximate surface area is 150 Å². The van der Waals surface area contributed by atoms with Crippen LogP contribution >= 0.6 is 0 Å². The molecule has 0 aliphatic rings. The summed E-state index contributed by atoms with van der Waals surface area (Å²) in [6.45, 7) is 2.35. The normalized spacial score (nSPS) is 10.9. The number of ether oxygens (including phenoxy) is 2. The number of benzene rings is 2. The van der Waals surface area contributed by atoms with Crippen molar-refractivity contribution in [3.8, 4) is 11.5 Å². The molecule has 2 aromatic carbocycles. The molecular weight excluding hydrogens is 337 g/mol. The second kappa shape index (κ2) is 7.07. The van der Waals surface area contributed by atoms with Gasteiger partial charge in [0.1, 0.15) is 5.75 Å². The number of nitrogens with zero attached hydrogens (tertiary/aromatic N) is 1. The fourth-order valence-corrected chi connectivity index (χ4v) is 3.19. The van der Waals surface area contributed by atoms with Crippen LogP contribution in [0.5, 0.6) is 11.5 Å². The van der Waals surface area contributed by atoms with E-state index >= 15 is 0 Å². The molecule has 0 atom stereocenters. The van der Waals surface area contributed by atoms with Gasteiger partial charge in [-0.15, -0.1) is 0 Å². The average molecular weight is 357 g/mol. The van der Waals surface area contributed by atoms with Crippen molar-refractivity contribution in [1.29, 1.82) is 0 Å². The van der Waals surface area contributed by atoms with Gasteiger partial charge < -0.3 is 19.1 Å². The summed E-state index contributed by atoms with van der Waals surface area (Å²) in [6.07, 6.45) is -0.132. The van der Waals surface area contributed by atoms with Gasteiger partial charge in [0.2, 0.25) is 0 Å². The molecule has 0 amide bonds. The highest BCUT2D eigenvalue weighted by molar-refractivity contribution is 5.90. The average Bonchev–Trinajstić information content (AvgIpc) is 2.86. The summed E-state index contributed by atoms with van der Waals surface area (Å²) in [4.78, 5) is 11.3. The molecule has 0 saturated carbocycles. The molecular formula is C20H20FNO4. The summed E-state index contributed by atoms with van der Waals surface area (Å²) in [5.74, 6) is -0.550. The Hall–Kier alpha value is -3.02. The molecule has 0 aliphatic carbocycles. The monoisotopic (exact) mass is 357 g/mol. The van der Waals surface area contributed by atoms with Crippen LogP contribution in [-0.2, 0) is 17.8 Å². The number of carboxylic acid groups (broad SMARTS) is 1. The number of hydrogen-bond donors (Lipinski definition) is 1. The minimum Gasteiger partial charge on any atom is -0.497 e. The SMILES string of the molecule is COc1ccc(Cn2c(C)c(CC(=O)O)c3cc(OC)c(F)cc32)cc1. The highest BCUT2D eigenvalue weighted by Crippen LogP contribution is 2.32. The maximum Gasteiger partial charge on any atom is 0.307 e. The van der Waals surface area contributed by atoms with Crippen LogP contribution in [0.2, 0.25) is 0 Å². The number of hydrogen-bond acceptors (Lipinski definition) is 3. The molecule has 26 heavy (non-hydrogen) atoms. The molecule has 0 aliphatic heterocycles. The predicted octanol–water partition coefficient (Wildman–Crippen LogP) is 3.78. The topological polar surface area (TPSA) is 60.7 Å². The molecule has 5 nitrogen and oxygen atoms in total. The Kier molecular flexibility index (Phi) is 4.84. The molecule has 1 aromatic heterocycles. The van der Waals surface area contributed by atoms with Crippen molar-refractivity contribution in [3.63, 3.8) is 0 Å². The van der Waals surface area contributed by atoms with E-state index in [4.69, 9.17) is 9.47 Å². The zero-order valence-corrected chi connectivity index (χ0v) is 14.9. The van der Waals surface area contributed by atoms with Gasteiger partial charge in [-0.25, -0.2) is 4.39 Å². The Morgan fingerprint density at radius 1 is 1.15 bits per heavy atom. The molecule has 1 heterocycles. The van der Waals surface area contributed by atoms with Gasteiger partial charge in [0.25, 0.3) is 0 Å². The van der Waals surface area contributed by atoms with Crippen molar-refractivity contribution in [1.82, 2.24) is 4.57 Å². The minimum absolute atomic E-state index is 0.103. The van der Waals surface area contributed by atoms with Crippen LogP contribution in [0, 0.1) is 12.7 Å². The predicted molar refractivity (Wildman–Crippen MR) is 96.6 cm³/mol. The summed E-state index contributed by atoms with van der Waals surface area (Å²) >= 11 is 0. The molecule has 0 saturated heterocycles. The third-order valence-corrected chi connectivity index (χ3v) is 4.56. The lowest BCUT2D eigenvalue weighted by atomic mass is 10.1. The lowest BCUT2D eigenvalue weighted by Gasteiger charge is -2.10. The van der Waals surface area contributed by atoms with Gasteiger partial charge in [0.15, 0.2) is 11.6 Å². The van der Waals surface area contributed by atoms with Gasteiger partial charge in [-0.3, -0.25) is 4.79 Å². The lowest BCUT2D eigenvalue weighted by molar-refractivity contribution is -0.136. The van der Waals surface area contributed by atoms with E-state index in [0.29, 0.717) is 23.0 Å². The quantitative estimate of drug-likeness (QED) is 0.729. The van der Waals surface area contributed by atoms with Gasteiger partial charge in [0.05, 0.1) is 26.2 Å². The van der Waals surface area contributed by atoms with Gasteiger partial charge in [-0.1, -0.05) is 12.1 Å². The number of carbonyl (C=O) groups is 1. The molecule has 3 rings (SSSR count). The largest absolute Gasteiger partial charge is 0.497 e. The van der Waals surface area contributed by atoms with E-state index < -0.39 is 11.8 Å². The van der Waals surface area contributed by atoms with E-state index in [1.165, 1.54) is 13.2 Å². The van der Waals surface area contributed by atoms with Crippen LogP contribution in [0.4, 0.5) is 4.39 Å². The Morgan fingerprint density at radius 3 is 2.42 bits per heavy atom. The zero-order chi connectivity index (χ0) is 18.8. The van der Waals surface area contributed by atoms with Gasteiger partial charge in [-0.05, 0) is 36.2 Å². The van der Waals surface area contributed by atoms with E-state index in [0.717, 1.165) is 17.0 Å². The van der Waals surface area contributed by atoms with Crippen LogP contribution in [0.1, 0.15) is 16.8 Å². The molecule has 136 valence electrons. The lowest BCUT2D eigenvalue weighted by Crippen LogP contribution is -2.05. The summed E-state index contributed by atoms with van der Waals surface area (Å²) in [7, 11) is 3.00. The van der Waals surface area contributed by atoms with Crippen molar-refractivity contribution < 1.29 is 23.8 Å². The second-order valence-electron chi connectivity index (χ2n) is 6.07. The van der Waals surface area contributed by atoms with Crippen molar-refractivity contribution in [2.24, 2.45) is 0 Å². The maximum absolute atomic E-state index is 14.3. The minimum atomic E-state index is -0.931. The fraction of sp³-hybridized carbons (Fsp3) is 0.250. The first-order valence-electron chi connectivity index (χ1n) is 8.14. The first-order valence-corrected chi connectivity index (χ1v) is 8.14. The van der Waals surface area contributed by atoms with Crippen molar-refractivity contribution >= 4 is 16.9 Å². The molecule has 0 unspecified atom stereocenters. The molecule has 3 aromatic rings. The summed E-state index contributed by atoms with van der Waals surface area (Å²) in [5, 5.41) is 9.95. The number of methoxy groups -OCH3 is 2. The highest BCUT2D eigenvalue weighted by Gasteiger charge is 2.19. The zero-order valence-electron chi connectivity index (χ0n) is 14.9. The highest BCUT2D eigenvalue weighted by atomic mass is 19.1. The van der Waals surface area contributed by atoms with Crippen LogP contribution in [0.25, 0.3) is 10.9 Å². The van der Waals surface area contributed by atoms with Crippen LogP contribution < -0.4 is 9.47 Å². The summed E-state index contributed by atoms with van der Waals surface area (Å²) < 4.78 is 26.4. The third-order valence-electron chi connectivity index (χ3n) is 4.56. The first kappa shape index (κ1) is 17.8. The van der Waals surface area contributed by atoms with Crippen molar-refractivity contribution in [2.45, 2.75) is 19.9 Å². The second-order valence-corrected chi connectivity index (χ2v) is 6.07. The van der Waals surface area contributed by atoms with E-state index in [2.05, 4.69) is 0 Å². The molecule has 0 fully saturated rings. The van der Waals surface area contributed by atoms with Gasteiger partial charge in [-0.2, -0.15) is 0 Å². The molecule has 6 heteroatoms. The van der Waals surface area contributed by atoms with Gasteiger partial charge >= 0.3 is 5.97 Å². The number of rotatable bonds is 6. The van der Waals surface area contributed by atoms with Crippen molar-refractivity contribution in [2.75, 3.05) is 14.2 Å². The Balaban J connectivity index is 2.14. The smallest absolute Gasteiger partial charge is 0.307 e. The molecule has 0 spiro atoms.